The minimum Gasteiger partial charge on any atom is -0.481 e. The minimum absolute atomic E-state index is 0.0790. The first-order valence-electron chi connectivity index (χ1n) is 6.12. The highest BCUT2D eigenvalue weighted by Crippen LogP contribution is 2.31. The molecule has 1 amide bonds. The van der Waals surface area contributed by atoms with Crippen molar-refractivity contribution in [2.24, 2.45) is 0 Å². The van der Waals surface area contributed by atoms with Gasteiger partial charge in [0.1, 0.15) is 11.6 Å². The average Bonchev–Trinajstić information content (AvgIpc) is 2.48. The molecule has 0 aliphatic carbocycles. The van der Waals surface area contributed by atoms with Gasteiger partial charge < -0.3 is 10.1 Å². The summed E-state index contributed by atoms with van der Waals surface area (Å²) in [5.41, 5.74) is 0.569. The summed E-state index contributed by atoms with van der Waals surface area (Å²) in [6.07, 6.45) is 0.533. The molecule has 22 heavy (non-hydrogen) atoms. The van der Waals surface area contributed by atoms with E-state index in [0.29, 0.717) is 12.0 Å². The maximum absolute atomic E-state index is 12.8. The summed E-state index contributed by atoms with van der Waals surface area (Å²) in [7, 11) is 0. The average molecular weight is 342 g/mol. The van der Waals surface area contributed by atoms with Gasteiger partial charge >= 0.3 is 0 Å². The normalized spacial score (nSPS) is 10.1. The molecular weight excluding hydrogens is 332 g/mol. The van der Waals surface area contributed by atoms with E-state index in [0.717, 1.165) is 0 Å². The van der Waals surface area contributed by atoms with Gasteiger partial charge in [-0.25, -0.2) is 4.39 Å². The fraction of sp³-hybridized carbons (Fsp3) is 0.0667. The summed E-state index contributed by atoms with van der Waals surface area (Å²) in [4.78, 5) is 22.7. The summed E-state index contributed by atoms with van der Waals surface area (Å²) >= 11 is 11.7. The summed E-state index contributed by atoms with van der Waals surface area (Å²) in [5.74, 6) is -0.803. The number of amides is 1. The third kappa shape index (κ3) is 4.19. The molecule has 0 aromatic heterocycles. The van der Waals surface area contributed by atoms with E-state index in [2.05, 4.69) is 5.32 Å². The van der Waals surface area contributed by atoms with E-state index in [1.807, 2.05) is 0 Å². The summed E-state index contributed by atoms with van der Waals surface area (Å²) in [6.45, 7) is -0.362. The van der Waals surface area contributed by atoms with Crippen molar-refractivity contribution >= 4 is 41.1 Å². The van der Waals surface area contributed by atoms with Gasteiger partial charge in [0.05, 0.1) is 10.6 Å². The predicted octanol–water partition coefficient (Wildman–Crippen LogP) is 3.96. The number of benzene rings is 2. The first kappa shape index (κ1) is 16.3. The third-order valence-electron chi connectivity index (χ3n) is 2.64. The van der Waals surface area contributed by atoms with Gasteiger partial charge in [0.25, 0.3) is 5.91 Å². The molecule has 0 aliphatic heterocycles. The highest BCUT2D eigenvalue weighted by Gasteiger charge is 2.12. The second-order valence-electron chi connectivity index (χ2n) is 4.27. The van der Waals surface area contributed by atoms with Crippen LogP contribution in [0.5, 0.6) is 5.75 Å². The van der Waals surface area contributed by atoms with Crippen LogP contribution in [-0.4, -0.2) is 18.8 Å². The SMILES string of the molecule is O=Cc1cc(Cl)cc(Cl)c1OCC(=O)Nc1ccc(F)cc1. The molecule has 0 bridgehead atoms. The van der Waals surface area contributed by atoms with Crippen molar-refractivity contribution < 1.29 is 18.7 Å². The van der Waals surface area contributed by atoms with E-state index in [4.69, 9.17) is 27.9 Å². The van der Waals surface area contributed by atoms with Gasteiger partial charge in [-0.3, -0.25) is 9.59 Å². The van der Waals surface area contributed by atoms with Crippen LogP contribution < -0.4 is 10.1 Å². The molecule has 114 valence electrons. The number of carbonyl (C=O) groups excluding carboxylic acids is 2. The Labute approximate surface area is 135 Å². The summed E-state index contributed by atoms with van der Waals surface area (Å²) in [5, 5.41) is 2.94. The molecule has 1 N–H and O–H groups in total. The van der Waals surface area contributed by atoms with Gasteiger partial charge in [-0.05, 0) is 36.4 Å². The van der Waals surface area contributed by atoms with Crippen molar-refractivity contribution in [2.45, 2.75) is 0 Å². The van der Waals surface area contributed by atoms with E-state index in [1.165, 1.54) is 36.4 Å². The molecule has 0 aliphatic rings. The first-order chi connectivity index (χ1) is 10.5. The van der Waals surface area contributed by atoms with Crippen LogP contribution in [0.1, 0.15) is 10.4 Å². The molecular formula is C15H10Cl2FNO3. The van der Waals surface area contributed by atoms with Crippen LogP contribution in [0.4, 0.5) is 10.1 Å². The molecule has 7 heteroatoms. The Morgan fingerprint density at radius 1 is 1.23 bits per heavy atom. The number of anilines is 1. The first-order valence-corrected chi connectivity index (χ1v) is 6.87. The Kier molecular flexibility index (Phi) is 5.35. The Morgan fingerprint density at radius 3 is 2.55 bits per heavy atom. The molecule has 0 saturated heterocycles. The van der Waals surface area contributed by atoms with Gasteiger partial charge in [-0.15, -0.1) is 0 Å². The maximum atomic E-state index is 12.8. The van der Waals surface area contributed by atoms with Crippen LogP contribution in [0.3, 0.4) is 0 Å². The Bertz CT molecular complexity index is 705. The minimum atomic E-state index is -0.477. The van der Waals surface area contributed by atoms with Crippen LogP contribution in [0.25, 0.3) is 0 Å². The van der Waals surface area contributed by atoms with Crippen LogP contribution in [0.15, 0.2) is 36.4 Å². The molecule has 0 heterocycles. The zero-order chi connectivity index (χ0) is 16.1. The van der Waals surface area contributed by atoms with Gasteiger partial charge in [-0.2, -0.15) is 0 Å². The smallest absolute Gasteiger partial charge is 0.262 e. The lowest BCUT2D eigenvalue weighted by Gasteiger charge is -2.11. The van der Waals surface area contributed by atoms with Gasteiger partial charge in [0, 0.05) is 10.7 Å². The fourth-order valence-electron chi connectivity index (χ4n) is 1.69. The Balaban J connectivity index is 2.02. The molecule has 2 rings (SSSR count). The van der Waals surface area contributed by atoms with Crippen LogP contribution in [0, 0.1) is 5.82 Å². The van der Waals surface area contributed by atoms with Crippen molar-refractivity contribution in [3.63, 3.8) is 0 Å². The highest BCUT2D eigenvalue weighted by molar-refractivity contribution is 6.36. The number of hydrogen-bond acceptors (Lipinski definition) is 3. The number of nitrogens with one attached hydrogen (secondary N) is 1. The third-order valence-corrected chi connectivity index (χ3v) is 3.14. The predicted molar refractivity (Wildman–Crippen MR) is 82.4 cm³/mol. The second-order valence-corrected chi connectivity index (χ2v) is 5.11. The van der Waals surface area contributed by atoms with Crippen molar-refractivity contribution in [1.29, 1.82) is 0 Å². The van der Waals surface area contributed by atoms with Gasteiger partial charge in [0.15, 0.2) is 12.9 Å². The van der Waals surface area contributed by atoms with Crippen LogP contribution in [0.2, 0.25) is 10.0 Å². The fourth-order valence-corrected chi connectivity index (χ4v) is 2.25. The molecule has 0 spiro atoms. The lowest BCUT2D eigenvalue weighted by atomic mass is 10.2. The number of halogens is 3. The second kappa shape index (κ2) is 7.24. The molecule has 0 atom stereocenters. The largest absolute Gasteiger partial charge is 0.481 e. The highest BCUT2D eigenvalue weighted by atomic mass is 35.5. The van der Waals surface area contributed by atoms with E-state index in [9.17, 15) is 14.0 Å². The quantitative estimate of drug-likeness (QED) is 0.837. The monoisotopic (exact) mass is 341 g/mol. The number of aldehydes is 1. The van der Waals surface area contributed by atoms with E-state index in [1.54, 1.807) is 0 Å². The number of hydrogen-bond donors (Lipinski definition) is 1. The number of rotatable bonds is 5. The van der Waals surface area contributed by atoms with Crippen molar-refractivity contribution in [3.05, 3.63) is 57.8 Å². The van der Waals surface area contributed by atoms with Crippen molar-refractivity contribution in [1.82, 2.24) is 0 Å². The molecule has 2 aromatic carbocycles. The zero-order valence-electron chi connectivity index (χ0n) is 11.1. The molecule has 0 fully saturated rings. The standard InChI is InChI=1S/C15H10Cl2FNO3/c16-10-5-9(7-20)15(13(17)6-10)22-8-14(21)19-12-3-1-11(18)2-4-12/h1-7H,8H2,(H,19,21). The lowest BCUT2D eigenvalue weighted by molar-refractivity contribution is -0.118. The van der Waals surface area contributed by atoms with Crippen LogP contribution >= 0.6 is 23.2 Å². The molecule has 0 saturated carbocycles. The van der Waals surface area contributed by atoms with E-state index < -0.39 is 11.7 Å². The van der Waals surface area contributed by atoms with Gasteiger partial charge in [-0.1, -0.05) is 23.2 Å². The van der Waals surface area contributed by atoms with Crippen molar-refractivity contribution in [2.75, 3.05) is 11.9 Å². The Hall–Kier alpha value is -2.11. The molecule has 0 unspecified atom stereocenters. The molecule has 4 nitrogen and oxygen atoms in total. The van der Waals surface area contributed by atoms with E-state index in [-0.39, 0.29) is 28.0 Å². The number of carbonyl (C=O) groups is 2. The molecule has 2 aromatic rings. The summed E-state index contributed by atoms with van der Waals surface area (Å²) in [6, 6.07) is 8.06. The zero-order valence-corrected chi connectivity index (χ0v) is 12.6. The topological polar surface area (TPSA) is 55.4 Å². The maximum Gasteiger partial charge on any atom is 0.262 e. The Morgan fingerprint density at radius 2 is 1.91 bits per heavy atom. The molecule has 0 radical (unpaired) electrons. The van der Waals surface area contributed by atoms with E-state index >= 15 is 0 Å². The summed E-state index contributed by atoms with van der Waals surface area (Å²) < 4.78 is 18.0. The lowest BCUT2D eigenvalue weighted by Crippen LogP contribution is -2.20. The van der Waals surface area contributed by atoms with Crippen molar-refractivity contribution in [3.8, 4) is 5.75 Å². The number of ether oxygens (including phenoxy) is 1. The van der Waals surface area contributed by atoms with Crippen LogP contribution in [-0.2, 0) is 4.79 Å². The van der Waals surface area contributed by atoms with Gasteiger partial charge in [0.2, 0.25) is 0 Å².